The summed E-state index contributed by atoms with van der Waals surface area (Å²) in [7, 11) is 0. The second kappa shape index (κ2) is 7.63. The number of rotatable bonds is 4. The monoisotopic (exact) mass is 352 g/mol. The number of nitrogens with zero attached hydrogens (tertiary/aromatic N) is 1. The standard InChI is InChI=1S/C13H15Cl3N2O3/c14-9-3-11(16)12(4-10(9)15)17-13(20)5-18-1-2-21-7-8(18)6-19/h3-4,8,19H,1-2,5-7H2,(H,17,20). The van der Waals surface area contributed by atoms with Gasteiger partial charge in [-0.05, 0) is 12.1 Å². The van der Waals surface area contributed by atoms with Gasteiger partial charge >= 0.3 is 0 Å². The van der Waals surface area contributed by atoms with Gasteiger partial charge in [0.25, 0.3) is 0 Å². The summed E-state index contributed by atoms with van der Waals surface area (Å²) in [5.41, 5.74) is 0.407. The van der Waals surface area contributed by atoms with Crippen molar-refractivity contribution in [2.45, 2.75) is 6.04 Å². The molecule has 1 atom stereocenters. The minimum absolute atomic E-state index is 0.0548. The zero-order chi connectivity index (χ0) is 15.4. The highest BCUT2D eigenvalue weighted by molar-refractivity contribution is 6.44. The van der Waals surface area contributed by atoms with E-state index in [1.54, 1.807) is 0 Å². The van der Waals surface area contributed by atoms with E-state index in [4.69, 9.17) is 39.5 Å². The van der Waals surface area contributed by atoms with Gasteiger partial charge in [0.15, 0.2) is 0 Å². The van der Waals surface area contributed by atoms with Gasteiger partial charge in [-0.3, -0.25) is 9.69 Å². The Hall–Kier alpha value is -0.560. The third-order valence-electron chi connectivity index (χ3n) is 3.19. The molecule has 1 saturated heterocycles. The van der Waals surface area contributed by atoms with Crippen LogP contribution in [0.1, 0.15) is 0 Å². The average Bonchev–Trinajstić information content (AvgIpc) is 2.45. The number of morpholine rings is 1. The third kappa shape index (κ3) is 4.45. The van der Waals surface area contributed by atoms with Crippen LogP contribution in [0.4, 0.5) is 5.69 Å². The molecule has 1 heterocycles. The van der Waals surface area contributed by atoms with E-state index in [0.717, 1.165) is 0 Å². The first kappa shape index (κ1) is 16.8. The minimum Gasteiger partial charge on any atom is -0.395 e. The fourth-order valence-electron chi connectivity index (χ4n) is 2.06. The van der Waals surface area contributed by atoms with Crippen LogP contribution in [-0.2, 0) is 9.53 Å². The lowest BCUT2D eigenvalue weighted by Gasteiger charge is -2.33. The summed E-state index contributed by atoms with van der Waals surface area (Å²) >= 11 is 17.8. The lowest BCUT2D eigenvalue weighted by Crippen LogP contribution is -2.50. The second-order valence-electron chi connectivity index (χ2n) is 4.68. The van der Waals surface area contributed by atoms with Crippen LogP contribution in [0.25, 0.3) is 0 Å². The van der Waals surface area contributed by atoms with Crippen molar-refractivity contribution in [3.8, 4) is 0 Å². The molecule has 2 N–H and O–H groups in total. The summed E-state index contributed by atoms with van der Waals surface area (Å²) in [5.74, 6) is -0.240. The fourth-order valence-corrected chi connectivity index (χ4v) is 2.65. The summed E-state index contributed by atoms with van der Waals surface area (Å²) in [6, 6.07) is 2.81. The molecule has 0 bridgehead atoms. The average molecular weight is 354 g/mol. The van der Waals surface area contributed by atoms with Crippen LogP contribution in [0.2, 0.25) is 15.1 Å². The first-order valence-electron chi connectivity index (χ1n) is 6.38. The van der Waals surface area contributed by atoms with E-state index in [1.165, 1.54) is 12.1 Å². The first-order valence-corrected chi connectivity index (χ1v) is 7.51. The van der Waals surface area contributed by atoms with Gasteiger partial charge in [-0.1, -0.05) is 34.8 Å². The zero-order valence-electron chi connectivity index (χ0n) is 11.1. The van der Waals surface area contributed by atoms with Gasteiger partial charge in [0.2, 0.25) is 5.91 Å². The van der Waals surface area contributed by atoms with Crippen LogP contribution in [0.15, 0.2) is 12.1 Å². The van der Waals surface area contributed by atoms with Crippen LogP contribution in [0.3, 0.4) is 0 Å². The number of anilines is 1. The maximum Gasteiger partial charge on any atom is 0.238 e. The number of carbonyl (C=O) groups excluding carboxylic acids is 1. The molecule has 2 rings (SSSR count). The number of aliphatic hydroxyl groups excluding tert-OH is 1. The Labute approximate surface area is 137 Å². The molecule has 21 heavy (non-hydrogen) atoms. The Morgan fingerprint density at radius 3 is 2.76 bits per heavy atom. The zero-order valence-corrected chi connectivity index (χ0v) is 13.4. The quantitative estimate of drug-likeness (QED) is 0.815. The van der Waals surface area contributed by atoms with Gasteiger partial charge in [-0.15, -0.1) is 0 Å². The van der Waals surface area contributed by atoms with Gasteiger partial charge in [-0.25, -0.2) is 0 Å². The molecule has 1 fully saturated rings. The Balaban J connectivity index is 2.00. The predicted molar refractivity (Wildman–Crippen MR) is 83.4 cm³/mol. The first-order chi connectivity index (χ1) is 10.0. The highest BCUT2D eigenvalue weighted by Gasteiger charge is 2.24. The van der Waals surface area contributed by atoms with Crippen molar-refractivity contribution in [3.63, 3.8) is 0 Å². The highest BCUT2D eigenvalue weighted by Crippen LogP contribution is 2.32. The Kier molecular flexibility index (Phi) is 6.10. The number of carbonyl (C=O) groups is 1. The molecule has 1 amide bonds. The summed E-state index contributed by atoms with van der Waals surface area (Å²) < 4.78 is 5.26. The normalized spacial score (nSPS) is 19.5. The van der Waals surface area contributed by atoms with Crippen LogP contribution >= 0.6 is 34.8 Å². The molecule has 0 radical (unpaired) electrons. The van der Waals surface area contributed by atoms with E-state index in [-0.39, 0.29) is 25.1 Å². The van der Waals surface area contributed by atoms with Crippen LogP contribution in [-0.4, -0.2) is 54.9 Å². The molecule has 1 aliphatic rings. The maximum absolute atomic E-state index is 12.1. The van der Waals surface area contributed by atoms with Crippen molar-refractivity contribution >= 4 is 46.4 Å². The summed E-state index contributed by atoms with van der Waals surface area (Å²) in [5, 5.41) is 12.9. The van der Waals surface area contributed by atoms with Gasteiger partial charge < -0.3 is 15.2 Å². The second-order valence-corrected chi connectivity index (χ2v) is 5.90. The maximum atomic E-state index is 12.1. The fraction of sp³-hybridized carbons (Fsp3) is 0.462. The number of nitrogens with one attached hydrogen (secondary N) is 1. The van der Waals surface area contributed by atoms with Crippen molar-refractivity contribution in [2.75, 3.05) is 38.2 Å². The van der Waals surface area contributed by atoms with Crippen molar-refractivity contribution < 1.29 is 14.6 Å². The Morgan fingerprint density at radius 1 is 1.33 bits per heavy atom. The molecular weight excluding hydrogens is 339 g/mol. The molecule has 1 unspecified atom stereocenters. The smallest absolute Gasteiger partial charge is 0.238 e. The molecule has 5 nitrogen and oxygen atoms in total. The molecule has 1 aliphatic heterocycles. The largest absolute Gasteiger partial charge is 0.395 e. The molecule has 0 saturated carbocycles. The van der Waals surface area contributed by atoms with E-state index in [9.17, 15) is 9.90 Å². The summed E-state index contributed by atoms with van der Waals surface area (Å²) in [6.07, 6.45) is 0. The van der Waals surface area contributed by atoms with Gasteiger partial charge in [0, 0.05) is 6.54 Å². The van der Waals surface area contributed by atoms with Crippen LogP contribution < -0.4 is 5.32 Å². The lowest BCUT2D eigenvalue weighted by molar-refractivity contribution is -0.120. The molecule has 1 aromatic carbocycles. The van der Waals surface area contributed by atoms with Crippen molar-refractivity contribution in [1.29, 1.82) is 0 Å². The summed E-state index contributed by atoms with van der Waals surface area (Å²) in [6.45, 7) is 1.63. The molecular formula is C13H15Cl3N2O3. The van der Waals surface area contributed by atoms with E-state index in [0.29, 0.717) is 40.5 Å². The van der Waals surface area contributed by atoms with E-state index in [2.05, 4.69) is 5.32 Å². The molecule has 0 aliphatic carbocycles. The van der Waals surface area contributed by atoms with Crippen molar-refractivity contribution in [3.05, 3.63) is 27.2 Å². The number of amides is 1. The number of hydrogen-bond acceptors (Lipinski definition) is 4. The Morgan fingerprint density at radius 2 is 2.05 bits per heavy atom. The Bertz CT molecular complexity index is 528. The number of benzene rings is 1. The summed E-state index contributed by atoms with van der Waals surface area (Å²) in [4.78, 5) is 13.9. The van der Waals surface area contributed by atoms with Crippen molar-refractivity contribution in [1.82, 2.24) is 4.90 Å². The topological polar surface area (TPSA) is 61.8 Å². The number of halogens is 3. The molecule has 1 aromatic rings. The predicted octanol–water partition coefficient (Wildman–Crippen LogP) is 2.28. The van der Waals surface area contributed by atoms with E-state index >= 15 is 0 Å². The molecule has 116 valence electrons. The van der Waals surface area contributed by atoms with Gasteiger partial charge in [0.05, 0.1) is 53.2 Å². The minimum atomic E-state index is -0.240. The molecule has 0 aromatic heterocycles. The SMILES string of the molecule is O=C(CN1CCOCC1CO)Nc1cc(Cl)c(Cl)cc1Cl. The van der Waals surface area contributed by atoms with Gasteiger partial charge in [0.1, 0.15) is 0 Å². The van der Waals surface area contributed by atoms with E-state index in [1.807, 2.05) is 4.90 Å². The van der Waals surface area contributed by atoms with Gasteiger partial charge in [-0.2, -0.15) is 0 Å². The van der Waals surface area contributed by atoms with E-state index < -0.39 is 0 Å². The molecule has 0 spiro atoms. The lowest BCUT2D eigenvalue weighted by atomic mass is 10.2. The highest BCUT2D eigenvalue weighted by atomic mass is 35.5. The number of aliphatic hydroxyl groups is 1. The van der Waals surface area contributed by atoms with Crippen molar-refractivity contribution in [2.24, 2.45) is 0 Å². The third-order valence-corrected chi connectivity index (χ3v) is 4.23. The molecule has 8 heteroatoms. The van der Waals surface area contributed by atoms with Crippen LogP contribution in [0.5, 0.6) is 0 Å². The number of ether oxygens (including phenoxy) is 1. The number of hydrogen-bond donors (Lipinski definition) is 2. The van der Waals surface area contributed by atoms with Crippen LogP contribution in [0, 0.1) is 0 Å².